The van der Waals surface area contributed by atoms with Crippen LogP contribution in [0, 0.1) is 0 Å². The summed E-state index contributed by atoms with van der Waals surface area (Å²) in [5, 5.41) is 2.97. The number of piperazine rings is 1. The number of hydrogen-bond acceptors (Lipinski definition) is 6. The van der Waals surface area contributed by atoms with Crippen LogP contribution in [0.15, 0.2) is 73.2 Å². The Balaban J connectivity index is 1.25. The van der Waals surface area contributed by atoms with Gasteiger partial charge in [0.2, 0.25) is 5.91 Å². The molecule has 1 N–H and O–H groups in total. The molecule has 0 bridgehead atoms. The molecule has 1 amide bonds. The van der Waals surface area contributed by atoms with Gasteiger partial charge in [0, 0.05) is 57.2 Å². The van der Waals surface area contributed by atoms with Gasteiger partial charge < -0.3 is 10.2 Å². The Morgan fingerprint density at radius 3 is 2.50 bits per heavy atom. The molecule has 0 unspecified atom stereocenters. The van der Waals surface area contributed by atoms with Gasteiger partial charge in [-0.1, -0.05) is 37.6 Å². The number of carbonyl (C=O) groups is 1. The highest BCUT2D eigenvalue weighted by Gasteiger charge is 2.19. The highest BCUT2D eigenvalue weighted by Crippen LogP contribution is 2.26. The van der Waals surface area contributed by atoms with Crippen molar-refractivity contribution in [1.29, 1.82) is 0 Å². The van der Waals surface area contributed by atoms with Gasteiger partial charge in [0.05, 0.1) is 17.2 Å². The molecule has 1 fully saturated rings. The molecule has 7 heteroatoms. The number of unbranched alkanes of at least 4 members (excludes halogenated alkanes) is 1. The van der Waals surface area contributed by atoms with Crippen LogP contribution in [-0.2, 0) is 11.3 Å². The van der Waals surface area contributed by atoms with Crippen LogP contribution in [-0.4, -0.2) is 51.9 Å². The van der Waals surface area contributed by atoms with Crippen LogP contribution >= 0.6 is 0 Å². The van der Waals surface area contributed by atoms with Gasteiger partial charge in [-0.2, -0.15) is 0 Å². The third-order valence-corrected chi connectivity index (χ3v) is 6.61. The van der Waals surface area contributed by atoms with E-state index in [1.807, 2.05) is 55.0 Å². The highest BCUT2D eigenvalue weighted by atomic mass is 16.1. The molecule has 7 nitrogen and oxygen atoms in total. The molecular formula is C29H32N6O. The molecule has 0 atom stereocenters. The van der Waals surface area contributed by atoms with E-state index < -0.39 is 0 Å². The third-order valence-electron chi connectivity index (χ3n) is 6.61. The molecule has 36 heavy (non-hydrogen) atoms. The summed E-state index contributed by atoms with van der Waals surface area (Å²) in [6.07, 6.45) is 8.12. The van der Waals surface area contributed by atoms with Gasteiger partial charge in [-0.3, -0.25) is 19.7 Å². The molecule has 184 valence electrons. The maximum Gasteiger partial charge on any atom is 0.224 e. The van der Waals surface area contributed by atoms with Crippen LogP contribution in [0.25, 0.3) is 22.2 Å². The topological polar surface area (TPSA) is 74.2 Å². The standard InChI is InChI=1S/C29H32N6O/c1-2-3-6-29(36)32-25-10-7-23(8-11-25)24-9-12-26-27(18-24)33-28(20-31-26)35-16-14-34(15-17-35)21-22-5-4-13-30-19-22/h4-5,7-13,18-20H,2-3,6,14-17,21H2,1H3,(H,32,36). The minimum atomic E-state index is 0.0658. The van der Waals surface area contributed by atoms with Crippen molar-refractivity contribution in [3.8, 4) is 11.1 Å². The molecule has 5 rings (SSSR count). The average Bonchev–Trinajstić information content (AvgIpc) is 2.93. The zero-order chi connectivity index (χ0) is 24.7. The summed E-state index contributed by atoms with van der Waals surface area (Å²) in [7, 11) is 0. The van der Waals surface area contributed by atoms with E-state index in [9.17, 15) is 4.79 Å². The van der Waals surface area contributed by atoms with Crippen LogP contribution in [0.4, 0.5) is 11.5 Å². The fourth-order valence-corrected chi connectivity index (χ4v) is 4.53. The lowest BCUT2D eigenvalue weighted by Crippen LogP contribution is -2.46. The molecule has 0 spiro atoms. The number of hydrogen-bond donors (Lipinski definition) is 1. The van der Waals surface area contributed by atoms with E-state index in [1.54, 1.807) is 0 Å². The molecule has 0 aliphatic carbocycles. The molecule has 4 aromatic rings. The van der Waals surface area contributed by atoms with Crippen LogP contribution in [0.5, 0.6) is 0 Å². The lowest BCUT2D eigenvalue weighted by Gasteiger charge is -2.35. The second-order valence-electron chi connectivity index (χ2n) is 9.29. The van der Waals surface area contributed by atoms with Gasteiger partial charge in [-0.05, 0) is 53.4 Å². The number of nitrogens with zero attached hydrogens (tertiary/aromatic N) is 5. The summed E-state index contributed by atoms with van der Waals surface area (Å²) < 4.78 is 0. The molecule has 2 aromatic heterocycles. The van der Waals surface area contributed by atoms with Gasteiger partial charge in [0.1, 0.15) is 5.82 Å². The molecule has 1 aliphatic rings. The first kappa shape index (κ1) is 23.9. The lowest BCUT2D eigenvalue weighted by molar-refractivity contribution is -0.116. The summed E-state index contributed by atoms with van der Waals surface area (Å²) in [5.74, 6) is 0.988. The first-order valence-electron chi connectivity index (χ1n) is 12.7. The summed E-state index contributed by atoms with van der Waals surface area (Å²) >= 11 is 0. The van der Waals surface area contributed by atoms with E-state index in [0.29, 0.717) is 6.42 Å². The van der Waals surface area contributed by atoms with E-state index in [4.69, 9.17) is 4.98 Å². The Bertz CT molecular complexity index is 1300. The van der Waals surface area contributed by atoms with Crippen molar-refractivity contribution in [2.45, 2.75) is 32.7 Å². The maximum atomic E-state index is 12.0. The number of anilines is 2. The Labute approximate surface area is 212 Å². The SMILES string of the molecule is CCCCC(=O)Nc1ccc(-c2ccc3ncc(N4CCN(Cc5cccnc5)CC4)nc3c2)cc1. The quantitative estimate of drug-likeness (QED) is 0.376. The largest absolute Gasteiger partial charge is 0.353 e. The third kappa shape index (κ3) is 5.86. The van der Waals surface area contributed by atoms with E-state index >= 15 is 0 Å². The fourth-order valence-electron chi connectivity index (χ4n) is 4.53. The fraction of sp³-hybridized carbons (Fsp3) is 0.310. The number of pyridine rings is 1. The zero-order valence-electron chi connectivity index (χ0n) is 20.7. The molecule has 1 saturated heterocycles. The number of fused-ring (bicyclic) bond motifs is 1. The van der Waals surface area contributed by atoms with Crippen molar-refractivity contribution in [1.82, 2.24) is 19.9 Å². The molecule has 3 heterocycles. The summed E-state index contributed by atoms with van der Waals surface area (Å²) in [5.41, 5.74) is 6.01. The Morgan fingerprint density at radius 2 is 1.75 bits per heavy atom. The number of aromatic nitrogens is 3. The van der Waals surface area contributed by atoms with Gasteiger partial charge in [-0.15, -0.1) is 0 Å². The van der Waals surface area contributed by atoms with E-state index in [1.165, 1.54) is 5.56 Å². The number of nitrogens with one attached hydrogen (secondary N) is 1. The second-order valence-corrected chi connectivity index (χ2v) is 9.29. The van der Waals surface area contributed by atoms with Crippen molar-refractivity contribution in [3.63, 3.8) is 0 Å². The van der Waals surface area contributed by atoms with E-state index in [-0.39, 0.29) is 5.91 Å². The van der Waals surface area contributed by atoms with Gasteiger partial charge >= 0.3 is 0 Å². The van der Waals surface area contributed by atoms with Gasteiger partial charge in [-0.25, -0.2) is 4.98 Å². The normalized spacial score (nSPS) is 14.2. The molecule has 0 radical (unpaired) electrons. The van der Waals surface area contributed by atoms with Crippen molar-refractivity contribution in [3.05, 3.63) is 78.8 Å². The number of carbonyl (C=O) groups excluding carboxylic acids is 1. The van der Waals surface area contributed by atoms with Crippen LogP contribution in [0.1, 0.15) is 31.7 Å². The van der Waals surface area contributed by atoms with Crippen molar-refractivity contribution in [2.24, 2.45) is 0 Å². The molecule has 0 saturated carbocycles. The Morgan fingerprint density at radius 1 is 0.944 bits per heavy atom. The van der Waals surface area contributed by atoms with Crippen LogP contribution < -0.4 is 10.2 Å². The van der Waals surface area contributed by atoms with E-state index in [2.05, 4.69) is 50.2 Å². The first-order valence-corrected chi connectivity index (χ1v) is 12.7. The second kappa shape index (κ2) is 11.3. The maximum absolute atomic E-state index is 12.0. The monoisotopic (exact) mass is 480 g/mol. The highest BCUT2D eigenvalue weighted by molar-refractivity contribution is 5.91. The Hall–Kier alpha value is -3.84. The Kier molecular flexibility index (Phi) is 7.47. The lowest BCUT2D eigenvalue weighted by atomic mass is 10.0. The predicted molar refractivity (Wildman–Crippen MR) is 145 cm³/mol. The zero-order valence-corrected chi connectivity index (χ0v) is 20.7. The summed E-state index contributed by atoms with van der Waals surface area (Å²) in [4.78, 5) is 30.6. The van der Waals surface area contributed by atoms with Gasteiger partial charge in [0.15, 0.2) is 0 Å². The van der Waals surface area contributed by atoms with Crippen LogP contribution in [0.2, 0.25) is 0 Å². The van der Waals surface area contributed by atoms with Crippen molar-refractivity contribution < 1.29 is 4.79 Å². The average molecular weight is 481 g/mol. The smallest absolute Gasteiger partial charge is 0.224 e. The minimum Gasteiger partial charge on any atom is -0.353 e. The summed E-state index contributed by atoms with van der Waals surface area (Å²) in [6.45, 7) is 6.82. The van der Waals surface area contributed by atoms with Gasteiger partial charge in [0.25, 0.3) is 0 Å². The molecular weight excluding hydrogens is 448 g/mol. The van der Waals surface area contributed by atoms with Crippen LogP contribution in [0.3, 0.4) is 0 Å². The minimum absolute atomic E-state index is 0.0658. The van der Waals surface area contributed by atoms with E-state index in [0.717, 1.165) is 79.2 Å². The number of amides is 1. The number of rotatable bonds is 8. The van der Waals surface area contributed by atoms with Crippen molar-refractivity contribution >= 4 is 28.4 Å². The summed E-state index contributed by atoms with van der Waals surface area (Å²) in [6, 6.07) is 18.3. The molecule has 1 aliphatic heterocycles. The van der Waals surface area contributed by atoms with Crippen molar-refractivity contribution in [2.75, 3.05) is 36.4 Å². The predicted octanol–water partition coefficient (Wildman–Crippen LogP) is 5.14. The molecule has 2 aromatic carbocycles. The first-order chi connectivity index (χ1) is 17.7. The number of benzene rings is 2.